The molecule has 3 heterocycles. The largest absolute Gasteiger partial charge is 0.326 e. The van der Waals surface area contributed by atoms with Crippen molar-refractivity contribution in [3.63, 3.8) is 0 Å². The van der Waals surface area contributed by atoms with Crippen LogP contribution in [0, 0.1) is 6.92 Å². The number of hydrogen-bond acceptors (Lipinski definition) is 3. The van der Waals surface area contributed by atoms with Gasteiger partial charge in [0.2, 0.25) is 0 Å². The van der Waals surface area contributed by atoms with E-state index in [1.807, 2.05) is 11.3 Å². The Labute approximate surface area is 220 Å². The van der Waals surface area contributed by atoms with Gasteiger partial charge in [-0.3, -0.25) is 4.90 Å². The molecule has 1 saturated heterocycles. The molecule has 1 aliphatic rings. The van der Waals surface area contributed by atoms with Crippen molar-refractivity contribution in [2.24, 2.45) is 0 Å². The zero-order chi connectivity index (χ0) is 25.1. The Morgan fingerprint density at radius 3 is 2.33 bits per heavy atom. The molecular formula is C32H39N3S. The average Bonchev–Trinajstić information content (AvgIpc) is 3.51. The van der Waals surface area contributed by atoms with Crippen LogP contribution >= 0.6 is 11.3 Å². The first-order valence-electron chi connectivity index (χ1n) is 13.7. The summed E-state index contributed by atoms with van der Waals surface area (Å²) in [7, 11) is 0. The predicted molar refractivity (Wildman–Crippen MR) is 154 cm³/mol. The van der Waals surface area contributed by atoms with Crippen LogP contribution in [-0.2, 0) is 25.9 Å². The minimum atomic E-state index is 0.468. The molecule has 0 saturated carbocycles. The van der Waals surface area contributed by atoms with Crippen molar-refractivity contribution in [2.75, 3.05) is 6.54 Å². The number of aryl methyl sites for hydroxylation is 3. The van der Waals surface area contributed by atoms with Gasteiger partial charge in [0.1, 0.15) is 11.5 Å². The third-order valence-corrected chi connectivity index (χ3v) is 8.78. The quantitative estimate of drug-likeness (QED) is 0.243. The highest BCUT2D eigenvalue weighted by atomic mass is 32.1. The van der Waals surface area contributed by atoms with Crippen LogP contribution in [0.1, 0.15) is 74.0 Å². The first-order chi connectivity index (χ1) is 17.6. The third kappa shape index (κ3) is 4.81. The summed E-state index contributed by atoms with van der Waals surface area (Å²) >= 11 is 1.83. The summed E-state index contributed by atoms with van der Waals surface area (Å²) < 4.78 is 2.52. The van der Waals surface area contributed by atoms with Crippen LogP contribution in [0.25, 0.3) is 22.0 Å². The van der Waals surface area contributed by atoms with E-state index in [0.717, 1.165) is 38.3 Å². The monoisotopic (exact) mass is 497 g/mol. The highest BCUT2D eigenvalue weighted by molar-refractivity contribution is 7.13. The Bertz CT molecular complexity index is 1280. The minimum absolute atomic E-state index is 0.468. The summed E-state index contributed by atoms with van der Waals surface area (Å²) in [5, 5.41) is 2.26. The maximum Gasteiger partial charge on any atom is 0.141 e. The summed E-state index contributed by atoms with van der Waals surface area (Å²) in [6, 6.07) is 20.7. The molecule has 0 amide bonds. The number of thiophene rings is 1. The lowest BCUT2D eigenvalue weighted by molar-refractivity contribution is 0.137. The Morgan fingerprint density at radius 1 is 0.944 bits per heavy atom. The Balaban J connectivity index is 1.66. The van der Waals surface area contributed by atoms with E-state index in [9.17, 15) is 0 Å². The number of nitrogens with zero attached hydrogens (tertiary/aromatic N) is 3. The molecule has 1 atom stereocenters. The molecule has 0 bridgehead atoms. The molecule has 1 fully saturated rings. The second kappa shape index (κ2) is 11.1. The van der Waals surface area contributed by atoms with Gasteiger partial charge in [-0.2, -0.15) is 0 Å². The predicted octanol–water partition coefficient (Wildman–Crippen LogP) is 8.46. The van der Waals surface area contributed by atoms with E-state index in [2.05, 4.69) is 97.1 Å². The number of rotatable bonds is 8. The fraction of sp³-hybridized carbons (Fsp3) is 0.406. The van der Waals surface area contributed by atoms with Gasteiger partial charge in [0.05, 0.1) is 10.6 Å². The van der Waals surface area contributed by atoms with Gasteiger partial charge in [0, 0.05) is 24.7 Å². The molecule has 2 aromatic heterocycles. The lowest BCUT2D eigenvalue weighted by Gasteiger charge is -2.36. The molecular weight excluding hydrogens is 458 g/mol. The Kier molecular flexibility index (Phi) is 7.73. The second-order valence-electron chi connectivity index (χ2n) is 10.0. The van der Waals surface area contributed by atoms with Crippen LogP contribution in [0.4, 0.5) is 0 Å². The van der Waals surface area contributed by atoms with Crippen LogP contribution in [0.15, 0.2) is 60.0 Å². The zero-order valence-electron chi connectivity index (χ0n) is 22.3. The van der Waals surface area contributed by atoms with Gasteiger partial charge in [0.25, 0.3) is 0 Å². The van der Waals surface area contributed by atoms with E-state index in [1.165, 1.54) is 63.3 Å². The van der Waals surface area contributed by atoms with Crippen LogP contribution in [0.3, 0.4) is 0 Å². The Morgan fingerprint density at radius 2 is 1.69 bits per heavy atom. The van der Waals surface area contributed by atoms with Gasteiger partial charge in [-0.15, -0.1) is 11.3 Å². The molecule has 0 spiro atoms. The SMILES string of the molecule is CCc1cccc(CC)c1-c1nc(-c2cc(C)cs2)c(CN2CCCCC2c2ccccc2)n1CC. The maximum atomic E-state index is 5.46. The molecule has 188 valence electrons. The molecule has 2 aromatic carbocycles. The van der Waals surface area contributed by atoms with Crippen LogP contribution in [0.2, 0.25) is 0 Å². The van der Waals surface area contributed by atoms with Crippen molar-refractivity contribution >= 4 is 11.3 Å². The fourth-order valence-corrected chi connectivity index (χ4v) is 6.80. The van der Waals surface area contributed by atoms with Crippen LogP contribution in [-0.4, -0.2) is 21.0 Å². The molecule has 5 rings (SSSR count). The van der Waals surface area contributed by atoms with E-state index >= 15 is 0 Å². The number of aromatic nitrogens is 2. The van der Waals surface area contributed by atoms with E-state index in [1.54, 1.807) is 0 Å². The summed E-state index contributed by atoms with van der Waals surface area (Å²) in [5.41, 5.74) is 9.45. The third-order valence-electron chi connectivity index (χ3n) is 7.73. The lowest BCUT2D eigenvalue weighted by Crippen LogP contribution is -2.33. The standard InChI is InChI=1S/C32H39N3S/c1-5-24-16-13-17-25(6-2)30(24)32-33-31(29-20-23(4)22-36-29)28(35(32)7-3)21-34-19-12-11-18-27(34)26-14-9-8-10-15-26/h8-10,13-17,20,22,27H,5-7,11-12,18-19,21H2,1-4H3. The highest BCUT2D eigenvalue weighted by Gasteiger charge is 2.29. The van der Waals surface area contributed by atoms with Crippen LogP contribution in [0.5, 0.6) is 0 Å². The molecule has 0 radical (unpaired) electrons. The van der Waals surface area contributed by atoms with Gasteiger partial charge >= 0.3 is 0 Å². The average molecular weight is 498 g/mol. The summed E-state index contributed by atoms with van der Waals surface area (Å²) in [6.07, 6.45) is 5.83. The van der Waals surface area contributed by atoms with Crippen molar-refractivity contribution in [2.45, 2.75) is 78.9 Å². The summed E-state index contributed by atoms with van der Waals surface area (Å²) in [5.74, 6) is 1.15. The van der Waals surface area contributed by atoms with Gasteiger partial charge < -0.3 is 4.57 Å². The van der Waals surface area contributed by atoms with E-state index in [4.69, 9.17) is 4.98 Å². The lowest BCUT2D eigenvalue weighted by atomic mass is 9.95. The van der Waals surface area contributed by atoms with Gasteiger partial charge in [0.15, 0.2) is 0 Å². The first-order valence-corrected chi connectivity index (χ1v) is 14.6. The molecule has 3 nitrogen and oxygen atoms in total. The number of imidazole rings is 1. The maximum absolute atomic E-state index is 5.46. The van der Waals surface area contributed by atoms with Crippen LogP contribution < -0.4 is 0 Å². The summed E-state index contributed by atoms with van der Waals surface area (Å²) in [4.78, 5) is 9.46. The molecule has 4 heteroatoms. The van der Waals surface area contributed by atoms with E-state index in [0.29, 0.717) is 6.04 Å². The van der Waals surface area contributed by atoms with Gasteiger partial charge in [-0.25, -0.2) is 4.98 Å². The number of piperidine rings is 1. The Hall–Kier alpha value is -2.69. The smallest absolute Gasteiger partial charge is 0.141 e. The molecule has 4 aromatic rings. The normalized spacial score (nSPS) is 16.5. The van der Waals surface area contributed by atoms with Crippen molar-refractivity contribution in [3.8, 4) is 22.0 Å². The van der Waals surface area contributed by atoms with Crippen molar-refractivity contribution < 1.29 is 0 Å². The zero-order valence-corrected chi connectivity index (χ0v) is 23.1. The van der Waals surface area contributed by atoms with Gasteiger partial charge in [-0.05, 0) is 79.8 Å². The highest BCUT2D eigenvalue weighted by Crippen LogP contribution is 2.39. The number of likely N-dealkylation sites (tertiary alicyclic amines) is 1. The van der Waals surface area contributed by atoms with Crippen molar-refractivity contribution in [1.29, 1.82) is 0 Å². The van der Waals surface area contributed by atoms with E-state index in [-0.39, 0.29) is 0 Å². The molecule has 36 heavy (non-hydrogen) atoms. The van der Waals surface area contributed by atoms with Gasteiger partial charge in [-0.1, -0.05) is 68.8 Å². The molecule has 1 unspecified atom stereocenters. The fourth-order valence-electron chi connectivity index (χ4n) is 5.89. The van der Waals surface area contributed by atoms with Crippen molar-refractivity contribution in [1.82, 2.24) is 14.5 Å². The number of hydrogen-bond donors (Lipinski definition) is 0. The minimum Gasteiger partial charge on any atom is -0.326 e. The topological polar surface area (TPSA) is 21.1 Å². The second-order valence-corrected chi connectivity index (χ2v) is 10.9. The van der Waals surface area contributed by atoms with E-state index < -0.39 is 0 Å². The molecule has 0 aliphatic carbocycles. The van der Waals surface area contributed by atoms with Crippen molar-refractivity contribution in [3.05, 3.63) is 87.9 Å². The molecule has 0 N–H and O–H groups in total. The first kappa shape index (κ1) is 25.0. The number of benzene rings is 2. The summed E-state index contributed by atoms with van der Waals surface area (Å²) in [6.45, 7) is 12.0. The molecule has 1 aliphatic heterocycles.